The zero-order valence-electron chi connectivity index (χ0n) is 11.4. The van der Waals surface area contributed by atoms with Gasteiger partial charge in [-0.05, 0) is 30.9 Å². The highest BCUT2D eigenvalue weighted by Gasteiger charge is 2.23. The molecule has 110 valence electrons. The molecule has 0 aliphatic heterocycles. The Morgan fingerprint density at radius 3 is 2.50 bits per heavy atom. The van der Waals surface area contributed by atoms with Gasteiger partial charge in [-0.2, -0.15) is 0 Å². The maximum Gasteiger partial charge on any atom is 0.251 e. The smallest absolute Gasteiger partial charge is 0.251 e. The number of carbonyl (C=O) groups excluding carboxylic acids is 1. The molecule has 1 N–H and O–H groups in total. The van der Waals surface area contributed by atoms with Gasteiger partial charge in [0, 0.05) is 11.6 Å². The SMILES string of the molecule is CCC1CCCC(NC(=O)c2cc(F)c(F)c(F)c2)C1. The van der Waals surface area contributed by atoms with Gasteiger partial charge in [-0.1, -0.05) is 26.2 Å². The Labute approximate surface area is 116 Å². The van der Waals surface area contributed by atoms with Crippen molar-refractivity contribution in [1.82, 2.24) is 5.32 Å². The highest BCUT2D eigenvalue weighted by atomic mass is 19.2. The average Bonchev–Trinajstić information content (AvgIpc) is 2.44. The summed E-state index contributed by atoms with van der Waals surface area (Å²) in [6.07, 6.45) is 5.01. The highest BCUT2D eigenvalue weighted by molar-refractivity contribution is 5.94. The molecule has 2 unspecified atom stereocenters. The van der Waals surface area contributed by atoms with Crippen LogP contribution in [-0.2, 0) is 0 Å². The number of hydrogen-bond donors (Lipinski definition) is 1. The van der Waals surface area contributed by atoms with Gasteiger partial charge in [-0.15, -0.1) is 0 Å². The van der Waals surface area contributed by atoms with Crippen molar-refractivity contribution in [1.29, 1.82) is 0 Å². The molecule has 0 aromatic heterocycles. The van der Waals surface area contributed by atoms with Crippen LogP contribution in [0, 0.1) is 23.4 Å². The number of nitrogens with one attached hydrogen (secondary N) is 1. The molecule has 1 aliphatic carbocycles. The summed E-state index contributed by atoms with van der Waals surface area (Å²) >= 11 is 0. The third-order valence-electron chi connectivity index (χ3n) is 3.94. The third-order valence-corrected chi connectivity index (χ3v) is 3.94. The molecule has 1 aromatic carbocycles. The summed E-state index contributed by atoms with van der Waals surface area (Å²) in [6.45, 7) is 2.11. The summed E-state index contributed by atoms with van der Waals surface area (Å²) in [7, 11) is 0. The monoisotopic (exact) mass is 285 g/mol. The average molecular weight is 285 g/mol. The van der Waals surface area contributed by atoms with Crippen molar-refractivity contribution in [3.8, 4) is 0 Å². The van der Waals surface area contributed by atoms with Gasteiger partial charge in [0.15, 0.2) is 17.5 Å². The number of benzene rings is 1. The zero-order valence-corrected chi connectivity index (χ0v) is 11.4. The predicted molar refractivity (Wildman–Crippen MR) is 69.8 cm³/mol. The molecule has 0 saturated heterocycles. The van der Waals surface area contributed by atoms with E-state index in [4.69, 9.17) is 0 Å². The molecule has 1 fully saturated rings. The topological polar surface area (TPSA) is 29.1 Å². The van der Waals surface area contributed by atoms with Crippen molar-refractivity contribution in [3.05, 3.63) is 35.1 Å². The highest BCUT2D eigenvalue weighted by Crippen LogP contribution is 2.26. The molecule has 2 nitrogen and oxygen atoms in total. The van der Waals surface area contributed by atoms with E-state index in [0.717, 1.165) is 44.2 Å². The second-order valence-corrected chi connectivity index (χ2v) is 5.37. The van der Waals surface area contributed by atoms with Crippen molar-refractivity contribution >= 4 is 5.91 Å². The first kappa shape index (κ1) is 14.9. The van der Waals surface area contributed by atoms with E-state index in [2.05, 4.69) is 12.2 Å². The van der Waals surface area contributed by atoms with Crippen molar-refractivity contribution in [2.75, 3.05) is 0 Å². The van der Waals surface area contributed by atoms with E-state index in [0.29, 0.717) is 5.92 Å². The standard InChI is InChI=1S/C15H18F3NO/c1-2-9-4-3-5-11(6-9)19-15(20)10-7-12(16)14(18)13(17)8-10/h7-9,11H,2-6H2,1H3,(H,19,20). The Morgan fingerprint density at radius 2 is 1.90 bits per heavy atom. The molecule has 0 spiro atoms. The molecule has 1 aromatic rings. The molecule has 1 amide bonds. The summed E-state index contributed by atoms with van der Waals surface area (Å²) in [5.74, 6) is -4.21. The van der Waals surface area contributed by atoms with Crippen LogP contribution in [0.4, 0.5) is 13.2 Å². The van der Waals surface area contributed by atoms with Crippen LogP contribution in [0.5, 0.6) is 0 Å². The molecule has 2 atom stereocenters. The Kier molecular flexibility index (Phi) is 4.68. The quantitative estimate of drug-likeness (QED) is 0.841. The first-order valence-electron chi connectivity index (χ1n) is 6.96. The van der Waals surface area contributed by atoms with Crippen molar-refractivity contribution < 1.29 is 18.0 Å². The Hall–Kier alpha value is -1.52. The lowest BCUT2D eigenvalue weighted by atomic mass is 9.84. The molecule has 5 heteroatoms. The van der Waals surface area contributed by atoms with Crippen molar-refractivity contribution in [2.45, 2.75) is 45.1 Å². The van der Waals surface area contributed by atoms with Crippen LogP contribution in [0.15, 0.2) is 12.1 Å². The number of hydrogen-bond acceptors (Lipinski definition) is 1. The fourth-order valence-electron chi connectivity index (χ4n) is 2.75. The lowest BCUT2D eigenvalue weighted by Crippen LogP contribution is -2.38. The number of amides is 1. The summed E-state index contributed by atoms with van der Waals surface area (Å²) in [5.41, 5.74) is -0.181. The van der Waals surface area contributed by atoms with E-state index >= 15 is 0 Å². The van der Waals surface area contributed by atoms with Gasteiger partial charge >= 0.3 is 0 Å². The molecule has 0 heterocycles. The van der Waals surface area contributed by atoms with E-state index in [1.165, 1.54) is 0 Å². The molecule has 0 bridgehead atoms. The Morgan fingerprint density at radius 1 is 1.25 bits per heavy atom. The maximum absolute atomic E-state index is 13.1. The number of carbonyl (C=O) groups is 1. The Bertz CT molecular complexity index is 481. The third kappa shape index (κ3) is 3.32. The van der Waals surface area contributed by atoms with E-state index < -0.39 is 23.4 Å². The zero-order chi connectivity index (χ0) is 14.7. The van der Waals surface area contributed by atoms with E-state index in [9.17, 15) is 18.0 Å². The fraction of sp³-hybridized carbons (Fsp3) is 0.533. The molecule has 1 saturated carbocycles. The van der Waals surface area contributed by atoms with Crippen LogP contribution in [-0.4, -0.2) is 11.9 Å². The predicted octanol–water partition coefficient (Wildman–Crippen LogP) is 3.80. The first-order chi connectivity index (χ1) is 9.51. The van der Waals surface area contributed by atoms with Crippen LogP contribution < -0.4 is 5.32 Å². The van der Waals surface area contributed by atoms with Crippen LogP contribution in [0.1, 0.15) is 49.4 Å². The molecular weight excluding hydrogens is 267 g/mol. The molecule has 1 aliphatic rings. The van der Waals surface area contributed by atoms with Gasteiger partial charge in [0.2, 0.25) is 0 Å². The van der Waals surface area contributed by atoms with E-state index in [1.54, 1.807) is 0 Å². The van der Waals surface area contributed by atoms with Gasteiger partial charge in [-0.25, -0.2) is 13.2 Å². The minimum absolute atomic E-state index is 0.0253. The van der Waals surface area contributed by atoms with Gasteiger partial charge in [0.05, 0.1) is 0 Å². The number of rotatable bonds is 3. The summed E-state index contributed by atoms with van der Waals surface area (Å²) in [5, 5.41) is 2.78. The minimum atomic E-state index is -1.55. The van der Waals surface area contributed by atoms with Gasteiger partial charge in [0.1, 0.15) is 0 Å². The second kappa shape index (κ2) is 6.29. The fourth-order valence-corrected chi connectivity index (χ4v) is 2.75. The summed E-state index contributed by atoms with van der Waals surface area (Å²) in [6, 6.07) is 1.49. The van der Waals surface area contributed by atoms with Crippen LogP contribution >= 0.6 is 0 Å². The second-order valence-electron chi connectivity index (χ2n) is 5.37. The van der Waals surface area contributed by atoms with E-state index in [1.807, 2.05) is 0 Å². The Balaban J connectivity index is 2.05. The van der Waals surface area contributed by atoms with Crippen LogP contribution in [0.2, 0.25) is 0 Å². The van der Waals surface area contributed by atoms with Gasteiger partial charge in [-0.3, -0.25) is 4.79 Å². The van der Waals surface area contributed by atoms with Gasteiger partial charge < -0.3 is 5.32 Å². The van der Waals surface area contributed by atoms with Crippen molar-refractivity contribution in [3.63, 3.8) is 0 Å². The minimum Gasteiger partial charge on any atom is -0.349 e. The normalized spacial score (nSPS) is 22.6. The largest absolute Gasteiger partial charge is 0.349 e. The van der Waals surface area contributed by atoms with Crippen LogP contribution in [0.25, 0.3) is 0 Å². The van der Waals surface area contributed by atoms with E-state index in [-0.39, 0.29) is 11.6 Å². The maximum atomic E-state index is 13.1. The van der Waals surface area contributed by atoms with Crippen molar-refractivity contribution in [2.24, 2.45) is 5.92 Å². The van der Waals surface area contributed by atoms with Crippen LogP contribution in [0.3, 0.4) is 0 Å². The first-order valence-corrected chi connectivity index (χ1v) is 6.96. The number of halogens is 3. The summed E-state index contributed by atoms with van der Waals surface area (Å²) in [4.78, 5) is 12.0. The summed E-state index contributed by atoms with van der Waals surface area (Å²) < 4.78 is 39.0. The molecule has 20 heavy (non-hydrogen) atoms. The lowest BCUT2D eigenvalue weighted by molar-refractivity contribution is 0.0918. The molecule has 0 radical (unpaired) electrons. The molecule has 2 rings (SSSR count). The van der Waals surface area contributed by atoms with Gasteiger partial charge in [0.25, 0.3) is 5.91 Å². The molecular formula is C15H18F3NO. The lowest BCUT2D eigenvalue weighted by Gasteiger charge is -2.29.